The van der Waals surface area contributed by atoms with Crippen molar-refractivity contribution in [2.75, 3.05) is 0 Å². The van der Waals surface area contributed by atoms with E-state index in [1.165, 1.54) is 0 Å². The largest absolute Gasteiger partial charge is 0.381 e. The summed E-state index contributed by atoms with van der Waals surface area (Å²) in [5.74, 6) is 4.80. The average molecular weight is 114 g/mol. The predicted molar refractivity (Wildman–Crippen MR) is 31.1 cm³/mol. The molecular weight excluding hydrogens is 104 g/mol. The molecule has 0 radical (unpaired) electrons. The van der Waals surface area contributed by atoms with Crippen LogP contribution in [0.15, 0.2) is 0 Å². The molecule has 0 aromatic heterocycles. The molecule has 2 atom stereocenters. The van der Waals surface area contributed by atoms with E-state index in [9.17, 15) is 0 Å². The summed E-state index contributed by atoms with van der Waals surface area (Å²) in [4.78, 5) is 0. The standard InChI is InChI=1S/C6H10O2/c1-5(7)3-4-6(2)8/h5-8H,1-2H3/t5-,6+. The van der Waals surface area contributed by atoms with Crippen molar-refractivity contribution >= 4 is 0 Å². The topological polar surface area (TPSA) is 40.5 Å². The van der Waals surface area contributed by atoms with Gasteiger partial charge in [0, 0.05) is 0 Å². The zero-order valence-corrected chi connectivity index (χ0v) is 5.05. The molecule has 0 heterocycles. The molecule has 0 aliphatic heterocycles. The van der Waals surface area contributed by atoms with Crippen LogP contribution in [-0.4, -0.2) is 22.4 Å². The van der Waals surface area contributed by atoms with Crippen LogP contribution in [0, 0.1) is 11.8 Å². The van der Waals surface area contributed by atoms with E-state index in [0.29, 0.717) is 0 Å². The molecule has 0 saturated carbocycles. The Hall–Kier alpha value is -0.520. The van der Waals surface area contributed by atoms with E-state index in [1.807, 2.05) is 0 Å². The van der Waals surface area contributed by atoms with Crippen LogP contribution in [0.1, 0.15) is 13.8 Å². The van der Waals surface area contributed by atoms with Crippen LogP contribution in [0.4, 0.5) is 0 Å². The lowest BCUT2D eigenvalue weighted by Gasteiger charge is -1.89. The molecule has 2 nitrogen and oxygen atoms in total. The Morgan fingerprint density at radius 2 is 1.25 bits per heavy atom. The zero-order chi connectivity index (χ0) is 6.57. The highest BCUT2D eigenvalue weighted by atomic mass is 16.3. The Balaban J connectivity index is 3.50. The van der Waals surface area contributed by atoms with Crippen molar-refractivity contribution in [3.05, 3.63) is 0 Å². The summed E-state index contributed by atoms with van der Waals surface area (Å²) < 4.78 is 0. The molecule has 0 fully saturated rings. The first kappa shape index (κ1) is 7.48. The van der Waals surface area contributed by atoms with E-state index in [-0.39, 0.29) is 0 Å². The normalized spacial score (nSPS) is 16.0. The summed E-state index contributed by atoms with van der Waals surface area (Å²) in [5.41, 5.74) is 0. The summed E-state index contributed by atoms with van der Waals surface area (Å²) in [7, 11) is 0. The maximum absolute atomic E-state index is 8.52. The molecule has 2 heteroatoms. The molecule has 0 saturated heterocycles. The van der Waals surface area contributed by atoms with Crippen molar-refractivity contribution in [2.45, 2.75) is 26.1 Å². The van der Waals surface area contributed by atoms with E-state index >= 15 is 0 Å². The minimum atomic E-state index is -0.635. The number of rotatable bonds is 0. The number of hydrogen-bond donors (Lipinski definition) is 2. The molecule has 46 valence electrons. The van der Waals surface area contributed by atoms with E-state index in [2.05, 4.69) is 11.8 Å². The lowest BCUT2D eigenvalue weighted by atomic mass is 10.3. The van der Waals surface area contributed by atoms with Gasteiger partial charge < -0.3 is 10.2 Å². The second-order valence-electron chi connectivity index (χ2n) is 1.64. The summed E-state index contributed by atoms with van der Waals surface area (Å²) in [6.07, 6.45) is -1.27. The fourth-order valence-electron chi connectivity index (χ4n) is 0.241. The van der Waals surface area contributed by atoms with Crippen LogP contribution >= 0.6 is 0 Å². The smallest absolute Gasteiger partial charge is 0.112 e. The van der Waals surface area contributed by atoms with Gasteiger partial charge in [0.2, 0.25) is 0 Å². The van der Waals surface area contributed by atoms with Gasteiger partial charge in [0.15, 0.2) is 0 Å². The van der Waals surface area contributed by atoms with Crippen LogP contribution in [0.3, 0.4) is 0 Å². The van der Waals surface area contributed by atoms with Gasteiger partial charge in [-0.05, 0) is 13.8 Å². The van der Waals surface area contributed by atoms with E-state index < -0.39 is 12.2 Å². The Labute approximate surface area is 49.2 Å². The van der Waals surface area contributed by atoms with Crippen molar-refractivity contribution in [1.29, 1.82) is 0 Å². The third-order valence-corrected chi connectivity index (χ3v) is 0.501. The fraction of sp³-hybridized carbons (Fsp3) is 0.667. The van der Waals surface area contributed by atoms with E-state index in [0.717, 1.165) is 0 Å². The van der Waals surface area contributed by atoms with Gasteiger partial charge >= 0.3 is 0 Å². The minimum absolute atomic E-state index is 0.635. The Morgan fingerprint density at radius 1 is 1.00 bits per heavy atom. The molecule has 0 rings (SSSR count). The van der Waals surface area contributed by atoms with Gasteiger partial charge in [0.1, 0.15) is 12.2 Å². The van der Waals surface area contributed by atoms with Crippen molar-refractivity contribution in [3.63, 3.8) is 0 Å². The summed E-state index contributed by atoms with van der Waals surface area (Å²) in [6.45, 7) is 3.10. The Bertz CT molecular complexity index is 93.4. The second kappa shape index (κ2) is 3.48. The van der Waals surface area contributed by atoms with Gasteiger partial charge in [0.25, 0.3) is 0 Å². The first-order chi connectivity index (χ1) is 3.63. The minimum Gasteiger partial charge on any atom is -0.381 e. The van der Waals surface area contributed by atoms with Gasteiger partial charge in [-0.15, -0.1) is 0 Å². The molecule has 0 aliphatic carbocycles. The van der Waals surface area contributed by atoms with Gasteiger partial charge in [-0.2, -0.15) is 0 Å². The zero-order valence-electron chi connectivity index (χ0n) is 5.05. The molecule has 0 aromatic rings. The number of hydrogen-bond acceptors (Lipinski definition) is 2. The first-order valence-corrected chi connectivity index (χ1v) is 2.50. The maximum atomic E-state index is 8.52. The van der Waals surface area contributed by atoms with Crippen molar-refractivity contribution in [3.8, 4) is 11.8 Å². The molecule has 2 N–H and O–H groups in total. The van der Waals surface area contributed by atoms with Crippen LogP contribution in [0.25, 0.3) is 0 Å². The van der Waals surface area contributed by atoms with Crippen LogP contribution in [-0.2, 0) is 0 Å². The number of aliphatic hydroxyl groups is 2. The van der Waals surface area contributed by atoms with E-state index in [1.54, 1.807) is 13.8 Å². The lowest BCUT2D eigenvalue weighted by Crippen LogP contribution is -1.98. The Morgan fingerprint density at radius 3 is 1.38 bits per heavy atom. The molecule has 8 heavy (non-hydrogen) atoms. The molecule has 0 amide bonds. The predicted octanol–water partition coefficient (Wildman–Crippen LogP) is -0.249. The molecule has 0 aliphatic rings. The highest BCUT2D eigenvalue weighted by Gasteiger charge is 1.85. The molecule has 0 spiro atoms. The van der Waals surface area contributed by atoms with Crippen LogP contribution < -0.4 is 0 Å². The molecule has 0 aromatic carbocycles. The van der Waals surface area contributed by atoms with Crippen LogP contribution in [0.5, 0.6) is 0 Å². The quantitative estimate of drug-likeness (QED) is 0.426. The lowest BCUT2D eigenvalue weighted by molar-refractivity contribution is 0.243. The van der Waals surface area contributed by atoms with Crippen molar-refractivity contribution in [2.24, 2.45) is 0 Å². The summed E-state index contributed by atoms with van der Waals surface area (Å²) >= 11 is 0. The number of aliphatic hydroxyl groups excluding tert-OH is 2. The summed E-state index contributed by atoms with van der Waals surface area (Å²) in [6, 6.07) is 0. The van der Waals surface area contributed by atoms with Crippen molar-refractivity contribution in [1.82, 2.24) is 0 Å². The summed E-state index contributed by atoms with van der Waals surface area (Å²) in [5, 5.41) is 17.0. The van der Waals surface area contributed by atoms with Gasteiger partial charge in [0.05, 0.1) is 0 Å². The third-order valence-electron chi connectivity index (χ3n) is 0.501. The van der Waals surface area contributed by atoms with E-state index in [4.69, 9.17) is 10.2 Å². The molecular formula is C6H10O2. The highest BCUT2D eigenvalue weighted by molar-refractivity contribution is 5.06. The van der Waals surface area contributed by atoms with Crippen molar-refractivity contribution < 1.29 is 10.2 Å². The average Bonchev–Trinajstić information content (AvgIpc) is 1.61. The van der Waals surface area contributed by atoms with Gasteiger partial charge in [-0.1, -0.05) is 11.8 Å². The monoisotopic (exact) mass is 114 g/mol. The van der Waals surface area contributed by atoms with Gasteiger partial charge in [-0.25, -0.2) is 0 Å². The third kappa shape index (κ3) is 5.48. The Kier molecular flexibility index (Phi) is 3.25. The highest BCUT2D eigenvalue weighted by Crippen LogP contribution is 1.76. The molecule has 0 bridgehead atoms. The first-order valence-electron chi connectivity index (χ1n) is 2.50. The second-order valence-corrected chi connectivity index (χ2v) is 1.64. The maximum Gasteiger partial charge on any atom is 0.112 e. The van der Waals surface area contributed by atoms with Crippen LogP contribution in [0.2, 0.25) is 0 Å². The fourth-order valence-corrected chi connectivity index (χ4v) is 0.241. The van der Waals surface area contributed by atoms with Gasteiger partial charge in [-0.3, -0.25) is 0 Å². The molecule has 0 unspecified atom stereocenters. The SMILES string of the molecule is C[C@H](O)C#C[C@@H](C)O.